The van der Waals surface area contributed by atoms with Crippen LogP contribution in [0.4, 0.5) is 0 Å². The van der Waals surface area contributed by atoms with E-state index in [1.165, 1.54) is 44.1 Å². The molecule has 0 aliphatic heterocycles. The first-order valence-corrected chi connectivity index (χ1v) is 12.2. The lowest BCUT2D eigenvalue weighted by molar-refractivity contribution is -0.407. The van der Waals surface area contributed by atoms with Crippen molar-refractivity contribution in [1.82, 2.24) is 0 Å². The van der Waals surface area contributed by atoms with E-state index < -0.39 is 5.97 Å². The van der Waals surface area contributed by atoms with Gasteiger partial charge in [-0.15, -0.1) is 0 Å². The van der Waals surface area contributed by atoms with Crippen LogP contribution in [0.1, 0.15) is 112 Å². The van der Waals surface area contributed by atoms with E-state index in [2.05, 4.69) is 41.5 Å². The van der Waals surface area contributed by atoms with Crippen LogP contribution in [0.25, 0.3) is 0 Å². The fourth-order valence-corrected chi connectivity index (χ4v) is 3.32. The molecule has 0 rings (SSSR count). The lowest BCUT2D eigenvalue weighted by atomic mass is 9.94. The third-order valence-electron chi connectivity index (χ3n) is 4.83. The quantitative estimate of drug-likeness (QED) is 0.110. The Morgan fingerprint density at radius 1 is 0.655 bits per heavy atom. The zero-order valence-electron chi connectivity index (χ0n) is 20.4. The van der Waals surface area contributed by atoms with Crippen molar-refractivity contribution in [1.29, 1.82) is 0 Å². The Hall–Kier alpha value is -0.580. The third-order valence-corrected chi connectivity index (χ3v) is 4.83. The van der Waals surface area contributed by atoms with Gasteiger partial charge in [0.05, 0.1) is 32.7 Å². The molecule has 4 heteroatoms. The molecule has 0 heterocycles. The predicted molar refractivity (Wildman–Crippen MR) is 123 cm³/mol. The third kappa shape index (κ3) is 14.1. The van der Waals surface area contributed by atoms with E-state index in [4.69, 9.17) is 18.9 Å². The molecule has 174 valence electrons. The van der Waals surface area contributed by atoms with Crippen LogP contribution in [-0.4, -0.2) is 32.4 Å². The largest absolute Gasteiger partial charge is 0.501 e. The highest BCUT2D eigenvalue weighted by Gasteiger charge is 2.42. The van der Waals surface area contributed by atoms with Gasteiger partial charge >= 0.3 is 0 Å². The molecule has 4 nitrogen and oxygen atoms in total. The van der Waals surface area contributed by atoms with Crippen LogP contribution in [0.5, 0.6) is 0 Å². The van der Waals surface area contributed by atoms with Crippen LogP contribution in [0, 0.1) is 5.92 Å². The Kier molecular flexibility index (Phi) is 19.0. The van der Waals surface area contributed by atoms with Crippen molar-refractivity contribution in [3.63, 3.8) is 0 Å². The minimum atomic E-state index is -0.945. The van der Waals surface area contributed by atoms with Crippen molar-refractivity contribution in [3.05, 3.63) is 11.8 Å². The van der Waals surface area contributed by atoms with E-state index >= 15 is 0 Å². The molecular weight excluding hydrogens is 364 g/mol. The van der Waals surface area contributed by atoms with E-state index in [9.17, 15) is 0 Å². The van der Waals surface area contributed by atoms with Gasteiger partial charge in [-0.05, 0) is 51.5 Å². The van der Waals surface area contributed by atoms with Gasteiger partial charge in [0.15, 0.2) is 0 Å². The molecule has 0 amide bonds. The molecule has 0 N–H and O–H groups in total. The topological polar surface area (TPSA) is 36.9 Å². The smallest absolute Gasteiger partial charge is 0.286 e. The van der Waals surface area contributed by atoms with Crippen LogP contribution in [-0.2, 0) is 18.9 Å². The second kappa shape index (κ2) is 19.4. The van der Waals surface area contributed by atoms with Gasteiger partial charge in [0, 0.05) is 5.92 Å². The Balaban J connectivity index is 5.19. The van der Waals surface area contributed by atoms with Gasteiger partial charge in [-0.1, -0.05) is 66.2 Å². The second-order valence-electron chi connectivity index (χ2n) is 8.26. The van der Waals surface area contributed by atoms with Crippen molar-refractivity contribution in [3.8, 4) is 0 Å². The molecule has 0 spiro atoms. The summed E-state index contributed by atoms with van der Waals surface area (Å²) >= 11 is 0. The Morgan fingerprint density at radius 3 is 1.66 bits per heavy atom. The zero-order valence-corrected chi connectivity index (χ0v) is 20.4. The molecule has 0 aromatic carbocycles. The van der Waals surface area contributed by atoms with Crippen LogP contribution in [0.3, 0.4) is 0 Å². The molecule has 0 saturated heterocycles. The minimum absolute atomic E-state index is 0.170. The molecule has 0 bridgehead atoms. The SMILES string of the molecule is CCCCCCCCC(CCOC=C(C)C)C(OCCC)(OCCC)OCCC. The summed E-state index contributed by atoms with van der Waals surface area (Å²) in [5.41, 5.74) is 1.18. The van der Waals surface area contributed by atoms with E-state index in [1.54, 1.807) is 0 Å². The standard InChI is InChI=1S/C25H50O4/c1-7-11-12-13-14-15-16-24(17-21-26-22-23(5)6)25(27-18-8-2,28-19-9-3)29-20-10-4/h22,24H,7-21H2,1-6H3. The normalized spacial score (nSPS) is 12.8. The number of hydrogen-bond acceptors (Lipinski definition) is 4. The first-order chi connectivity index (χ1) is 14.1. The van der Waals surface area contributed by atoms with Crippen LogP contribution in [0.15, 0.2) is 11.8 Å². The van der Waals surface area contributed by atoms with Crippen LogP contribution >= 0.6 is 0 Å². The van der Waals surface area contributed by atoms with Crippen molar-refractivity contribution in [2.24, 2.45) is 5.92 Å². The van der Waals surface area contributed by atoms with E-state index in [0.29, 0.717) is 26.4 Å². The number of ether oxygens (including phenoxy) is 4. The maximum atomic E-state index is 6.30. The predicted octanol–water partition coefficient (Wildman–Crippen LogP) is 7.62. The lowest BCUT2D eigenvalue weighted by Gasteiger charge is -2.40. The molecule has 0 aliphatic carbocycles. The number of unbranched alkanes of at least 4 members (excludes halogenated alkanes) is 5. The molecule has 0 aliphatic rings. The second-order valence-corrected chi connectivity index (χ2v) is 8.26. The van der Waals surface area contributed by atoms with Gasteiger partial charge in [-0.25, -0.2) is 0 Å². The van der Waals surface area contributed by atoms with Crippen LogP contribution in [0.2, 0.25) is 0 Å². The van der Waals surface area contributed by atoms with E-state index in [1.807, 2.05) is 6.26 Å². The summed E-state index contributed by atoms with van der Waals surface area (Å²) in [7, 11) is 0. The highest BCUT2D eigenvalue weighted by molar-refractivity contribution is 4.86. The molecular formula is C25H50O4. The van der Waals surface area contributed by atoms with E-state index in [-0.39, 0.29) is 5.92 Å². The van der Waals surface area contributed by atoms with Gasteiger partial charge in [0.25, 0.3) is 5.97 Å². The Labute approximate surface area is 181 Å². The fraction of sp³-hybridized carbons (Fsp3) is 0.920. The molecule has 0 aromatic heterocycles. The van der Waals surface area contributed by atoms with Crippen molar-refractivity contribution in [2.45, 2.75) is 118 Å². The van der Waals surface area contributed by atoms with Gasteiger partial charge in [0.2, 0.25) is 0 Å². The van der Waals surface area contributed by atoms with Crippen molar-refractivity contribution < 1.29 is 18.9 Å². The number of allylic oxidation sites excluding steroid dienone is 1. The van der Waals surface area contributed by atoms with Crippen molar-refractivity contribution in [2.75, 3.05) is 26.4 Å². The molecule has 1 atom stereocenters. The van der Waals surface area contributed by atoms with Gasteiger partial charge in [0.1, 0.15) is 0 Å². The Bertz CT molecular complexity index is 355. The van der Waals surface area contributed by atoms with Crippen molar-refractivity contribution >= 4 is 0 Å². The maximum absolute atomic E-state index is 6.30. The van der Waals surface area contributed by atoms with E-state index in [0.717, 1.165) is 32.1 Å². The molecule has 0 saturated carbocycles. The summed E-state index contributed by atoms with van der Waals surface area (Å²) in [6.45, 7) is 15.4. The molecule has 29 heavy (non-hydrogen) atoms. The summed E-state index contributed by atoms with van der Waals surface area (Å²) in [5.74, 6) is -0.774. The first-order valence-electron chi connectivity index (χ1n) is 12.2. The minimum Gasteiger partial charge on any atom is -0.501 e. The molecule has 0 aromatic rings. The van der Waals surface area contributed by atoms with Gasteiger partial charge in [-0.3, -0.25) is 0 Å². The maximum Gasteiger partial charge on any atom is 0.286 e. The highest BCUT2D eigenvalue weighted by atomic mass is 16.9. The highest BCUT2D eigenvalue weighted by Crippen LogP contribution is 2.34. The van der Waals surface area contributed by atoms with Crippen LogP contribution < -0.4 is 0 Å². The lowest BCUT2D eigenvalue weighted by Crippen LogP contribution is -2.47. The summed E-state index contributed by atoms with van der Waals surface area (Å²) in [4.78, 5) is 0. The molecule has 0 radical (unpaired) electrons. The number of rotatable bonds is 21. The van der Waals surface area contributed by atoms with Gasteiger partial charge < -0.3 is 18.9 Å². The monoisotopic (exact) mass is 414 g/mol. The fourth-order valence-electron chi connectivity index (χ4n) is 3.32. The average Bonchev–Trinajstić information content (AvgIpc) is 2.71. The zero-order chi connectivity index (χ0) is 21.8. The summed E-state index contributed by atoms with van der Waals surface area (Å²) in [5, 5.41) is 0. The summed E-state index contributed by atoms with van der Waals surface area (Å²) < 4.78 is 24.7. The molecule has 1 unspecified atom stereocenters. The Morgan fingerprint density at radius 2 is 1.17 bits per heavy atom. The average molecular weight is 415 g/mol. The number of hydrogen-bond donors (Lipinski definition) is 0. The summed E-state index contributed by atoms with van der Waals surface area (Å²) in [6, 6.07) is 0. The first kappa shape index (κ1) is 28.4. The molecule has 0 fully saturated rings. The van der Waals surface area contributed by atoms with Gasteiger partial charge in [-0.2, -0.15) is 0 Å². The summed E-state index contributed by atoms with van der Waals surface area (Å²) in [6.07, 6.45) is 14.3.